The summed E-state index contributed by atoms with van der Waals surface area (Å²) in [6.07, 6.45) is 4.68. The SMILES string of the molecule is CCCC(CCC)C(=O)Nc1ccc2c(c1)C(=O)NCC2. The summed E-state index contributed by atoms with van der Waals surface area (Å²) in [5.74, 6) is 0.0748. The van der Waals surface area contributed by atoms with E-state index in [4.69, 9.17) is 0 Å². The molecule has 0 bridgehead atoms. The van der Waals surface area contributed by atoms with Crippen LogP contribution in [0.5, 0.6) is 0 Å². The van der Waals surface area contributed by atoms with Crippen molar-refractivity contribution in [3.05, 3.63) is 29.3 Å². The molecule has 4 nitrogen and oxygen atoms in total. The molecular weight excluding hydrogens is 264 g/mol. The van der Waals surface area contributed by atoms with Crippen LogP contribution in [0.25, 0.3) is 0 Å². The van der Waals surface area contributed by atoms with Crippen LogP contribution in [0.1, 0.15) is 55.5 Å². The first-order chi connectivity index (χ1) is 10.2. The number of amides is 2. The van der Waals surface area contributed by atoms with E-state index in [9.17, 15) is 9.59 Å². The number of rotatable bonds is 6. The lowest BCUT2D eigenvalue weighted by atomic mass is 9.96. The van der Waals surface area contributed by atoms with Gasteiger partial charge in [0.25, 0.3) is 5.91 Å². The first-order valence-corrected chi connectivity index (χ1v) is 7.87. The van der Waals surface area contributed by atoms with E-state index >= 15 is 0 Å². The van der Waals surface area contributed by atoms with Crippen LogP contribution in [0.4, 0.5) is 5.69 Å². The van der Waals surface area contributed by atoms with Crippen molar-refractivity contribution < 1.29 is 9.59 Å². The molecule has 0 aliphatic carbocycles. The Morgan fingerprint density at radius 1 is 1.29 bits per heavy atom. The van der Waals surface area contributed by atoms with Gasteiger partial charge >= 0.3 is 0 Å². The van der Waals surface area contributed by atoms with E-state index in [2.05, 4.69) is 24.5 Å². The maximum absolute atomic E-state index is 12.3. The van der Waals surface area contributed by atoms with Crippen LogP contribution < -0.4 is 10.6 Å². The minimum Gasteiger partial charge on any atom is -0.352 e. The fourth-order valence-electron chi connectivity index (χ4n) is 2.84. The van der Waals surface area contributed by atoms with Gasteiger partial charge < -0.3 is 10.6 Å². The number of benzene rings is 1. The smallest absolute Gasteiger partial charge is 0.251 e. The van der Waals surface area contributed by atoms with Crippen LogP contribution in [-0.2, 0) is 11.2 Å². The van der Waals surface area contributed by atoms with Crippen molar-refractivity contribution in [2.75, 3.05) is 11.9 Å². The average Bonchev–Trinajstić information content (AvgIpc) is 2.48. The highest BCUT2D eigenvalue weighted by molar-refractivity contribution is 5.99. The Morgan fingerprint density at radius 2 is 2.00 bits per heavy atom. The molecule has 1 aliphatic rings. The molecule has 0 aromatic heterocycles. The second-order valence-electron chi connectivity index (χ2n) is 5.64. The number of hydrogen-bond acceptors (Lipinski definition) is 2. The zero-order valence-electron chi connectivity index (χ0n) is 12.9. The molecule has 21 heavy (non-hydrogen) atoms. The van der Waals surface area contributed by atoms with Gasteiger partial charge in [0.05, 0.1) is 0 Å². The van der Waals surface area contributed by atoms with Crippen molar-refractivity contribution in [2.45, 2.75) is 46.0 Å². The molecule has 0 unspecified atom stereocenters. The minimum atomic E-state index is -0.0500. The molecule has 0 saturated carbocycles. The van der Waals surface area contributed by atoms with Crippen LogP contribution in [0.15, 0.2) is 18.2 Å². The summed E-state index contributed by atoms with van der Waals surface area (Å²) in [5, 5.41) is 5.79. The zero-order chi connectivity index (χ0) is 15.2. The highest BCUT2D eigenvalue weighted by Gasteiger charge is 2.19. The number of carbonyl (C=O) groups is 2. The Hall–Kier alpha value is -1.84. The summed E-state index contributed by atoms with van der Waals surface area (Å²) in [5.41, 5.74) is 2.45. The van der Waals surface area contributed by atoms with E-state index < -0.39 is 0 Å². The first-order valence-electron chi connectivity index (χ1n) is 7.87. The Balaban J connectivity index is 2.10. The lowest BCUT2D eigenvalue weighted by Crippen LogP contribution is -2.32. The summed E-state index contributed by atoms with van der Waals surface area (Å²) < 4.78 is 0. The number of carbonyl (C=O) groups excluding carboxylic acids is 2. The Kier molecular flexibility index (Phi) is 5.37. The largest absolute Gasteiger partial charge is 0.352 e. The van der Waals surface area contributed by atoms with E-state index in [0.29, 0.717) is 17.8 Å². The maximum atomic E-state index is 12.3. The molecule has 0 fully saturated rings. The van der Waals surface area contributed by atoms with E-state index in [1.165, 1.54) is 0 Å². The normalized spacial score (nSPS) is 13.8. The monoisotopic (exact) mass is 288 g/mol. The van der Waals surface area contributed by atoms with Crippen molar-refractivity contribution in [1.29, 1.82) is 0 Å². The standard InChI is InChI=1S/C17H24N2O2/c1-3-5-13(6-4-2)16(20)19-14-8-7-12-9-10-18-17(21)15(12)11-14/h7-8,11,13H,3-6,9-10H2,1-2H3,(H,18,21)(H,19,20). The van der Waals surface area contributed by atoms with Gasteiger partial charge in [-0.15, -0.1) is 0 Å². The van der Waals surface area contributed by atoms with Gasteiger partial charge in [0, 0.05) is 23.7 Å². The summed E-state index contributed by atoms with van der Waals surface area (Å²) in [4.78, 5) is 24.2. The molecule has 2 rings (SSSR count). The summed E-state index contributed by atoms with van der Waals surface area (Å²) in [7, 11) is 0. The number of anilines is 1. The van der Waals surface area contributed by atoms with Crippen LogP contribution >= 0.6 is 0 Å². The van der Waals surface area contributed by atoms with Gasteiger partial charge in [-0.25, -0.2) is 0 Å². The van der Waals surface area contributed by atoms with Crippen LogP contribution in [0.3, 0.4) is 0 Å². The van der Waals surface area contributed by atoms with Crippen LogP contribution in [0.2, 0.25) is 0 Å². The predicted molar refractivity (Wildman–Crippen MR) is 84.4 cm³/mol. The molecule has 0 radical (unpaired) electrons. The Bertz CT molecular complexity index is 520. The summed E-state index contributed by atoms with van der Waals surface area (Å²) in [6, 6.07) is 5.62. The van der Waals surface area contributed by atoms with Gasteiger partial charge in [0.1, 0.15) is 0 Å². The van der Waals surface area contributed by atoms with Crippen molar-refractivity contribution in [1.82, 2.24) is 5.32 Å². The number of hydrogen-bond donors (Lipinski definition) is 2. The fraction of sp³-hybridized carbons (Fsp3) is 0.529. The van der Waals surface area contributed by atoms with Gasteiger partial charge in [0.2, 0.25) is 5.91 Å². The van der Waals surface area contributed by atoms with Gasteiger partial charge in [-0.3, -0.25) is 9.59 Å². The molecule has 0 atom stereocenters. The third kappa shape index (κ3) is 3.84. The molecular formula is C17H24N2O2. The Labute approximate surface area is 126 Å². The molecule has 114 valence electrons. The number of nitrogens with one attached hydrogen (secondary N) is 2. The van der Waals surface area contributed by atoms with E-state index in [1.807, 2.05) is 12.1 Å². The molecule has 2 N–H and O–H groups in total. The highest BCUT2D eigenvalue weighted by Crippen LogP contribution is 2.21. The summed E-state index contributed by atoms with van der Waals surface area (Å²) in [6.45, 7) is 4.88. The number of fused-ring (bicyclic) bond motifs is 1. The Morgan fingerprint density at radius 3 is 2.67 bits per heavy atom. The van der Waals surface area contributed by atoms with E-state index in [0.717, 1.165) is 37.7 Å². The summed E-state index contributed by atoms with van der Waals surface area (Å²) >= 11 is 0. The molecule has 1 aromatic carbocycles. The van der Waals surface area contributed by atoms with Gasteiger partial charge in [-0.1, -0.05) is 32.8 Å². The minimum absolute atomic E-state index is 0.0500. The van der Waals surface area contributed by atoms with E-state index in [-0.39, 0.29) is 17.7 Å². The van der Waals surface area contributed by atoms with Crippen LogP contribution in [-0.4, -0.2) is 18.4 Å². The highest BCUT2D eigenvalue weighted by atomic mass is 16.2. The molecule has 1 aliphatic heterocycles. The van der Waals surface area contributed by atoms with Crippen molar-refractivity contribution >= 4 is 17.5 Å². The zero-order valence-corrected chi connectivity index (χ0v) is 12.9. The van der Waals surface area contributed by atoms with Gasteiger partial charge in [-0.05, 0) is 37.0 Å². The molecule has 4 heteroatoms. The second-order valence-corrected chi connectivity index (χ2v) is 5.64. The molecule has 0 spiro atoms. The molecule has 1 aromatic rings. The molecule has 2 amide bonds. The third-order valence-electron chi connectivity index (χ3n) is 3.95. The van der Waals surface area contributed by atoms with Crippen molar-refractivity contribution in [3.63, 3.8) is 0 Å². The maximum Gasteiger partial charge on any atom is 0.251 e. The second kappa shape index (κ2) is 7.25. The fourth-order valence-corrected chi connectivity index (χ4v) is 2.84. The lowest BCUT2D eigenvalue weighted by molar-refractivity contribution is -0.120. The average molecular weight is 288 g/mol. The topological polar surface area (TPSA) is 58.2 Å². The van der Waals surface area contributed by atoms with Crippen molar-refractivity contribution in [3.8, 4) is 0 Å². The van der Waals surface area contributed by atoms with E-state index in [1.54, 1.807) is 6.07 Å². The van der Waals surface area contributed by atoms with Gasteiger partial charge in [0.15, 0.2) is 0 Å². The van der Waals surface area contributed by atoms with Gasteiger partial charge in [-0.2, -0.15) is 0 Å². The quantitative estimate of drug-likeness (QED) is 0.845. The molecule has 0 saturated heterocycles. The first kappa shape index (κ1) is 15.5. The van der Waals surface area contributed by atoms with Crippen molar-refractivity contribution in [2.24, 2.45) is 5.92 Å². The molecule has 1 heterocycles. The lowest BCUT2D eigenvalue weighted by Gasteiger charge is -2.19. The third-order valence-corrected chi connectivity index (χ3v) is 3.95. The van der Waals surface area contributed by atoms with Crippen LogP contribution in [0, 0.1) is 5.92 Å². The predicted octanol–water partition coefficient (Wildman–Crippen LogP) is 3.13.